The second kappa shape index (κ2) is 30.8. The molecule has 4 heterocycles. The summed E-state index contributed by atoms with van der Waals surface area (Å²) in [4.78, 5) is 118. The number of allylic oxidation sites excluding steroid dienone is 3. The second-order valence-corrected chi connectivity index (χ2v) is 26.6. The van der Waals surface area contributed by atoms with Gasteiger partial charge in [-0.05, 0) is 87.6 Å². The van der Waals surface area contributed by atoms with E-state index in [1.54, 1.807) is 44.2 Å². The fourth-order valence-electron chi connectivity index (χ4n) is 11.1. The van der Waals surface area contributed by atoms with Crippen molar-refractivity contribution < 1.29 is 102 Å². The van der Waals surface area contributed by atoms with Gasteiger partial charge in [0.15, 0.2) is 5.72 Å². The lowest BCUT2D eigenvalue weighted by molar-refractivity contribution is -0.153. The molecule has 0 aromatic heterocycles. The highest BCUT2D eigenvalue weighted by molar-refractivity contribution is 7.86. The Morgan fingerprint density at radius 2 is 1.68 bits per heavy atom. The van der Waals surface area contributed by atoms with Crippen LogP contribution in [0, 0.1) is 17.7 Å². The minimum Gasteiger partial charge on any atom is -0.495 e. The maximum absolute atomic E-state index is 16.0. The van der Waals surface area contributed by atoms with E-state index in [9.17, 15) is 74.2 Å². The van der Waals surface area contributed by atoms with Gasteiger partial charge in [-0.15, -0.1) is 0 Å². The summed E-state index contributed by atoms with van der Waals surface area (Å²) in [7, 11) is -5.68. The smallest absolute Gasteiger partial charge is 0.409 e. The number of rotatable bonds is 24. The number of imide groups is 1. The van der Waals surface area contributed by atoms with Crippen molar-refractivity contribution in [2.24, 2.45) is 16.9 Å². The van der Waals surface area contributed by atoms with E-state index in [2.05, 4.69) is 26.5 Å². The number of carbonyl (C=O) groups excluding carboxylic acids is 9. The van der Waals surface area contributed by atoms with Crippen LogP contribution in [0.4, 0.5) is 20.6 Å². The number of halogens is 2. The predicted octanol–water partition coefficient (Wildman–Crippen LogP) is 4.84. The van der Waals surface area contributed by atoms with E-state index >= 15 is 4.39 Å². The van der Waals surface area contributed by atoms with Crippen LogP contribution in [0.15, 0.2) is 94.5 Å². The van der Waals surface area contributed by atoms with Gasteiger partial charge >= 0.3 is 12.1 Å². The van der Waals surface area contributed by atoms with Gasteiger partial charge in [-0.2, -0.15) is 21.9 Å². The van der Waals surface area contributed by atoms with E-state index in [1.165, 1.54) is 45.2 Å². The molecule has 94 heavy (non-hydrogen) atoms. The summed E-state index contributed by atoms with van der Waals surface area (Å²) in [5.74, 6) is -9.99. The Balaban J connectivity index is 0.979. The van der Waals surface area contributed by atoms with Gasteiger partial charge in [0, 0.05) is 82.3 Å². The van der Waals surface area contributed by atoms with Crippen molar-refractivity contribution in [1.29, 1.82) is 0 Å². The SMILES string of the molecule is COc1cc2cc(c1Cl)N(C)C(=O)C[C@H](OC(=O)Cc1ccc(/C(C)=N/NC(=O)c3ccc(NC(=O)CCNC(=O)[C@@H](CC(=O)CCCCCN4C(=O)C=CC4=O)CS(=O)(=O)O)cc3S(=O)(=O)O)cc1F)[C@]1(C)O[C@H]1[C@H](C)[C@@H]1C[C@@](O)(NC(=O)O1)[C@H](OC)/C=C/C=C(\C)C2. The van der Waals surface area contributed by atoms with Crippen molar-refractivity contribution in [2.45, 2.75) is 133 Å². The number of methoxy groups -OCH3 is 2. The third kappa shape index (κ3) is 19.0. The lowest BCUT2D eigenvalue weighted by atomic mass is 9.83. The lowest BCUT2D eigenvalue weighted by Gasteiger charge is -2.42. The van der Waals surface area contributed by atoms with E-state index in [4.69, 9.17) is 35.3 Å². The number of nitrogens with one attached hydrogen (secondary N) is 4. The van der Waals surface area contributed by atoms with Crippen LogP contribution < -0.4 is 31.0 Å². The van der Waals surface area contributed by atoms with Crippen LogP contribution in [-0.2, 0) is 85.6 Å². The van der Waals surface area contributed by atoms with Crippen molar-refractivity contribution >= 4 is 102 Å². The molecule has 28 nitrogen and oxygen atoms in total. The summed E-state index contributed by atoms with van der Waals surface area (Å²) < 4.78 is 113. The molecule has 2 fully saturated rings. The maximum atomic E-state index is 16.0. The van der Waals surface area contributed by atoms with Gasteiger partial charge in [-0.3, -0.25) is 57.7 Å². The first-order valence-electron chi connectivity index (χ1n) is 29.5. The van der Waals surface area contributed by atoms with Crippen LogP contribution in [0.2, 0.25) is 5.02 Å². The number of unbranched alkanes of at least 4 members (excludes halogenated alkanes) is 2. The Bertz CT molecular complexity index is 3850. The Labute approximate surface area is 546 Å². The van der Waals surface area contributed by atoms with Crippen LogP contribution in [0.25, 0.3) is 0 Å². The molecule has 0 saturated carbocycles. The van der Waals surface area contributed by atoms with Crippen molar-refractivity contribution in [3.05, 3.63) is 118 Å². The summed E-state index contributed by atoms with van der Waals surface area (Å²) in [6.07, 6.45) is 1.15. The molecule has 4 aliphatic heterocycles. The molecule has 2 saturated heterocycles. The lowest BCUT2D eigenvalue weighted by Crippen LogP contribution is -2.63. The predicted molar refractivity (Wildman–Crippen MR) is 335 cm³/mol. The first kappa shape index (κ1) is 73.1. The number of fused-ring (bicyclic) bond motifs is 5. The molecule has 8 atom stereocenters. The number of esters is 1. The number of hydrogen-bond acceptors (Lipinski definition) is 20. The summed E-state index contributed by atoms with van der Waals surface area (Å²) in [6, 6.07) is 9.79. The summed E-state index contributed by atoms with van der Waals surface area (Å²) in [5, 5.41) is 23.1. The zero-order valence-electron chi connectivity index (χ0n) is 52.3. The number of alkyl carbamates (subject to hydrolysis) is 1. The molecule has 4 aliphatic rings. The molecule has 508 valence electrons. The molecule has 0 spiro atoms. The number of hydrogen-bond donors (Lipinski definition) is 7. The Morgan fingerprint density at radius 3 is 2.34 bits per heavy atom. The molecule has 0 radical (unpaired) electrons. The molecule has 32 heteroatoms. The molecule has 7 amide bonds. The zero-order chi connectivity index (χ0) is 69.2. The first-order valence-corrected chi connectivity index (χ1v) is 33.0. The molecule has 3 aromatic rings. The molecule has 3 aromatic carbocycles. The minimum absolute atomic E-state index is 0.0317. The van der Waals surface area contributed by atoms with Crippen LogP contribution in [0.5, 0.6) is 5.75 Å². The van der Waals surface area contributed by atoms with Gasteiger partial charge < -0.3 is 44.3 Å². The third-order valence-corrected chi connectivity index (χ3v) is 18.4. The highest BCUT2D eigenvalue weighted by atomic mass is 35.5. The van der Waals surface area contributed by atoms with Crippen LogP contribution in [0.3, 0.4) is 0 Å². The number of ether oxygens (including phenoxy) is 5. The van der Waals surface area contributed by atoms with Crippen molar-refractivity contribution in [3.8, 4) is 5.75 Å². The number of hydrazone groups is 1. The van der Waals surface area contributed by atoms with E-state index < -0.39 is 175 Å². The topological polar surface area (TPSA) is 399 Å². The summed E-state index contributed by atoms with van der Waals surface area (Å²) >= 11 is 6.80. The fourth-order valence-corrected chi connectivity index (χ4v) is 12.9. The summed E-state index contributed by atoms with van der Waals surface area (Å²) in [5.41, 5.74) is -0.442. The number of epoxide rings is 1. The van der Waals surface area contributed by atoms with Crippen LogP contribution in [0.1, 0.15) is 106 Å². The van der Waals surface area contributed by atoms with E-state index in [0.29, 0.717) is 24.8 Å². The number of ketones is 1. The molecule has 7 N–H and O–H groups in total. The van der Waals surface area contributed by atoms with Crippen LogP contribution in [-0.4, -0.2) is 171 Å². The fraction of sp³-hybridized carbons (Fsp3) is 0.452. The zero-order valence-corrected chi connectivity index (χ0v) is 54.7. The largest absolute Gasteiger partial charge is 0.495 e. The van der Waals surface area contributed by atoms with Crippen molar-refractivity contribution in [1.82, 2.24) is 21.0 Å². The average Bonchev–Trinajstić information content (AvgIpc) is 1.56. The van der Waals surface area contributed by atoms with E-state index in [0.717, 1.165) is 46.9 Å². The summed E-state index contributed by atoms with van der Waals surface area (Å²) in [6.45, 7) is 6.22. The van der Waals surface area contributed by atoms with Gasteiger partial charge in [0.25, 0.3) is 38.0 Å². The van der Waals surface area contributed by atoms with Crippen LogP contribution >= 0.6 is 11.6 Å². The Morgan fingerprint density at radius 1 is 0.968 bits per heavy atom. The highest BCUT2D eigenvalue weighted by Gasteiger charge is 2.64. The van der Waals surface area contributed by atoms with E-state index in [1.807, 2.05) is 6.92 Å². The van der Waals surface area contributed by atoms with Gasteiger partial charge in [0.05, 0.1) is 54.7 Å². The number of nitrogens with zero attached hydrogens (tertiary/aromatic N) is 3. The van der Waals surface area contributed by atoms with Crippen molar-refractivity contribution in [3.63, 3.8) is 0 Å². The molecule has 0 unspecified atom stereocenters. The number of benzene rings is 3. The van der Waals surface area contributed by atoms with Crippen molar-refractivity contribution in [2.75, 3.05) is 50.3 Å². The normalized spacial score (nSPS) is 23.8. The number of anilines is 2. The number of amides is 7. The Hall–Kier alpha value is -8.30. The van der Waals surface area contributed by atoms with E-state index in [-0.39, 0.29) is 64.8 Å². The number of carbonyl (C=O) groups is 9. The quantitative estimate of drug-likeness (QED) is 0.0120. The maximum Gasteiger partial charge on any atom is 0.409 e. The number of Topliss-reactive ketones (excluding diaryl/α,β-unsaturated/α-hetero) is 1. The average molecular weight is 1370 g/mol. The second-order valence-electron chi connectivity index (χ2n) is 23.3. The molecular formula is C62H73ClFN7O21S2. The molecule has 7 rings (SSSR count). The molecule has 4 bridgehead atoms. The Kier molecular flexibility index (Phi) is 24.0. The first-order chi connectivity index (χ1) is 44.1. The van der Waals surface area contributed by atoms with Gasteiger partial charge in [0.1, 0.15) is 51.2 Å². The third-order valence-electron chi connectivity index (χ3n) is 16.3. The minimum atomic E-state index is -5.19. The molecule has 0 aliphatic carbocycles. The standard InChI is InChI=1S/C62H73ClFN7O21S2/c1-34-12-11-14-49(89-7)62(81)32-47(90-60(80)67-62)35(2)57-61(4,92-57)50(31-54(76)70(5)45-25-37(24-34)26-46(88-6)56(45)63)91-55(77)29-39-16-15-38(28-44(39)64)36(3)68-69-59(79)43-18-17-41(30-48(43)94(85,86)87)66-51(73)21-22-65-58(78)40(33-93(82,83)84)27-42(72)13-9-8-10-23-71-52(74)19-20-53(71)75/h11-12,14-20,25-26,28,30,35,40,47,49-50,57,81H,8-10,13,21-24,27,29,31-33H2,1-7H3,(H,65,78)(H,66,73)(H,67,80)(H,69,79)(H,82,83,84)(H,85,86,87)/b14-11+,34-12+,68-36+/t35-,40+,47+,49-,50+,57+,61+,62+/m1/s1. The molecular weight excluding hydrogens is 1300 g/mol. The van der Waals surface area contributed by atoms with Gasteiger partial charge in [0.2, 0.25) is 17.7 Å². The van der Waals surface area contributed by atoms with Gasteiger partial charge in [-0.25, -0.2) is 14.6 Å². The van der Waals surface area contributed by atoms with Gasteiger partial charge in [-0.1, -0.05) is 60.9 Å². The highest BCUT2D eigenvalue weighted by Crippen LogP contribution is 2.49. The monoisotopic (exact) mass is 1370 g/mol. The number of aliphatic hydroxyl groups is 1.